The molecule has 3 aromatic carbocycles. The molecule has 0 bridgehead atoms. The fourth-order valence-electron chi connectivity index (χ4n) is 3.13. The van der Waals surface area contributed by atoms with Crippen LogP contribution in [-0.4, -0.2) is 12.5 Å². The number of hydrogen-bond acceptors (Lipinski definition) is 4. The van der Waals surface area contributed by atoms with E-state index in [1.54, 1.807) is 54.6 Å². The number of hydrogen-bond donors (Lipinski definition) is 1. The molecule has 0 saturated heterocycles. The topological polar surface area (TPSA) is 68.5 Å². The number of fused-ring (bicyclic) bond motifs is 2. The van der Waals surface area contributed by atoms with Gasteiger partial charge in [0.2, 0.25) is 5.43 Å². The summed E-state index contributed by atoms with van der Waals surface area (Å²) in [5.74, 6) is 0.442. The van der Waals surface area contributed by atoms with Crippen LogP contribution in [0, 0.1) is 6.92 Å². The van der Waals surface area contributed by atoms with Crippen LogP contribution in [0.3, 0.4) is 0 Å². The van der Waals surface area contributed by atoms with Gasteiger partial charge in [-0.2, -0.15) is 0 Å². The van der Waals surface area contributed by atoms with Crippen molar-refractivity contribution in [2.75, 3.05) is 11.9 Å². The molecule has 29 heavy (non-hydrogen) atoms. The molecule has 1 aromatic heterocycles. The maximum absolute atomic E-state index is 12.8. The fraction of sp³-hybridized carbons (Fsp3) is 0.130. The smallest absolute Gasteiger partial charge is 0.255 e. The number of carbonyl (C=O) groups is 1. The van der Waals surface area contributed by atoms with Gasteiger partial charge in [-0.15, -0.1) is 0 Å². The summed E-state index contributed by atoms with van der Waals surface area (Å²) < 4.78 is 11.3. The second-order valence-corrected chi connectivity index (χ2v) is 7.06. The number of anilines is 1. The van der Waals surface area contributed by atoms with Crippen molar-refractivity contribution in [2.24, 2.45) is 0 Å². The summed E-state index contributed by atoms with van der Waals surface area (Å²) in [4.78, 5) is 25.3. The van der Waals surface area contributed by atoms with Crippen LogP contribution in [0.25, 0.3) is 21.9 Å². The van der Waals surface area contributed by atoms with Crippen LogP contribution in [0.15, 0.2) is 63.8 Å². The molecule has 1 heterocycles. The van der Waals surface area contributed by atoms with Crippen molar-refractivity contribution in [2.45, 2.75) is 13.8 Å². The Morgan fingerprint density at radius 1 is 1.03 bits per heavy atom. The lowest BCUT2D eigenvalue weighted by Crippen LogP contribution is -2.12. The molecule has 6 heteroatoms. The van der Waals surface area contributed by atoms with Crippen LogP contribution in [0.1, 0.15) is 22.8 Å². The minimum atomic E-state index is -0.266. The maximum Gasteiger partial charge on any atom is 0.255 e. The van der Waals surface area contributed by atoms with E-state index in [1.165, 1.54) is 0 Å². The van der Waals surface area contributed by atoms with E-state index < -0.39 is 0 Å². The Bertz CT molecular complexity index is 1290. The largest absolute Gasteiger partial charge is 0.494 e. The Morgan fingerprint density at radius 2 is 1.76 bits per heavy atom. The van der Waals surface area contributed by atoms with Gasteiger partial charge in [0.1, 0.15) is 16.9 Å². The lowest BCUT2D eigenvalue weighted by Gasteiger charge is -2.08. The van der Waals surface area contributed by atoms with Gasteiger partial charge < -0.3 is 14.5 Å². The lowest BCUT2D eigenvalue weighted by atomic mass is 10.1. The predicted molar refractivity (Wildman–Crippen MR) is 115 cm³/mol. The second kappa shape index (κ2) is 7.60. The zero-order valence-corrected chi connectivity index (χ0v) is 16.7. The molecule has 0 saturated carbocycles. The molecule has 0 unspecified atom stereocenters. The molecule has 1 N–H and O–H groups in total. The van der Waals surface area contributed by atoms with Crippen LogP contribution in [-0.2, 0) is 0 Å². The summed E-state index contributed by atoms with van der Waals surface area (Å²) in [5, 5.41) is 4.20. The monoisotopic (exact) mass is 407 g/mol. The Kier molecular flexibility index (Phi) is 4.99. The molecular formula is C23H18ClNO4. The number of benzene rings is 3. The molecule has 1 amide bonds. The molecule has 0 spiro atoms. The van der Waals surface area contributed by atoms with E-state index in [4.69, 9.17) is 20.8 Å². The Morgan fingerprint density at radius 3 is 2.48 bits per heavy atom. The van der Waals surface area contributed by atoms with E-state index in [1.807, 2.05) is 13.8 Å². The highest BCUT2D eigenvalue weighted by Crippen LogP contribution is 2.26. The van der Waals surface area contributed by atoms with Gasteiger partial charge in [0.15, 0.2) is 0 Å². The highest BCUT2D eigenvalue weighted by Gasteiger charge is 2.12. The van der Waals surface area contributed by atoms with Crippen molar-refractivity contribution in [3.63, 3.8) is 0 Å². The average Bonchev–Trinajstić information content (AvgIpc) is 2.70. The van der Waals surface area contributed by atoms with Gasteiger partial charge in [-0.25, -0.2) is 0 Å². The summed E-state index contributed by atoms with van der Waals surface area (Å²) in [6.45, 7) is 4.31. The molecule has 0 atom stereocenters. The minimum Gasteiger partial charge on any atom is -0.494 e. The SMILES string of the molecule is CCOc1ccc(C(=O)Nc2ccc3c(=O)c4cc(Cl)c(C)cc4oc3c2)cc1. The summed E-state index contributed by atoms with van der Waals surface area (Å²) in [6.07, 6.45) is 0. The quantitative estimate of drug-likeness (QED) is 0.450. The number of carbonyl (C=O) groups excluding carboxylic acids is 1. The van der Waals surface area contributed by atoms with Gasteiger partial charge in [-0.05, 0) is 67.9 Å². The standard InChI is InChI=1S/C23H18ClNO4/c1-3-28-16-7-4-14(5-8-16)23(27)25-15-6-9-17-21(11-15)29-20-10-13(2)19(24)12-18(20)22(17)26/h4-12H,3H2,1-2H3,(H,25,27). The fourth-order valence-corrected chi connectivity index (χ4v) is 3.29. The van der Waals surface area contributed by atoms with Crippen molar-refractivity contribution < 1.29 is 13.9 Å². The molecule has 0 radical (unpaired) electrons. The molecule has 0 aliphatic carbocycles. The first-order valence-electron chi connectivity index (χ1n) is 9.17. The number of nitrogens with one attached hydrogen (secondary N) is 1. The predicted octanol–water partition coefficient (Wildman–Crippen LogP) is 5.56. The highest BCUT2D eigenvalue weighted by molar-refractivity contribution is 6.32. The van der Waals surface area contributed by atoms with Crippen LogP contribution in [0.5, 0.6) is 5.75 Å². The zero-order chi connectivity index (χ0) is 20.5. The molecule has 0 aliphatic heterocycles. The maximum atomic E-state index is 12.8. The van der Waals surface area contributed by atoms with E-state index in [9.17, 15) is 9.59 Å². The molecular weight excluding hydrogens is 390 g/mol. The highest BCUT2D eigenvalue weighted by atomic mass is 35.5. The number of amides is 1. The van der Waals surface area contributed by atoms with Crippen LogP contribution < -0.4 is 15.5 Å². The molecule has 0 aliphatic rings. The van der Waals surface area contributed by atoms with E-state index in [2.05, 4.69) is 5.32 Å². The number of halogens is 1. The van der Waals surface area contributed by atoms with Gasteiger partial charge in [-0.1, -0.05) is 11.6 Å². The summed E-state index contributed by atoms with van der Waals surface area (Å²) in [7, 11) is 0. The van der Waals surface area contributed by atoms with E-state index in [0.717, 1.165) is 5.56 Å². The Balaban J connectivity index is 1.68. The molecule has 4 aromatic rings. The van der Waals surface area contributed by atoms with Crippen molar-refractivity contribution in [1.29, 1.82) is 0 Å². The first-order chi connectivity index (χ1) is 14.0. The molecule has 0 fully saturated rings. The van der Waals surface area contributed by atoms with Gasteiger partial charge in [0.25, 0.3) is 5.91 Å². The van der Waals surface area contributed by atoms with Gasteiger partial charge in [-0.3, -0.25) is 9.59 Å². The molecule has 146 valence electrons. The number of ether oxygens (including phenoxy) is 1. The van der Waals surface area contributed by atoms with Crippen LogP contribution in [0.2, 0.25) is 5.02 Å². The Labute approximate surface area is 171 Å². The van der Waals surface area contributed by atoms with Crippen molar-refractivity contribution in [3.05, 3.63) is 81.0 Å². The zero-order valence-electron chi connectivity index (χ0n) is 15.9. The first-order valence-corrected chi connectivity index (χ1v) is 9.55. The third-order valence-electron chi connectivity index (χ3n) is 4.64. The molecule has 4 rings (SSSR count). The first kappa shape index (κ1) is 19.0. The third kappa shape index (κ3) is 3.69. The summed E-state index contributed by atoms with van der Waals surface area (Å²) >= 11 is 6.14. The van der Waals surface area contributed by atoms with Crippen LogP contribution >= 0.6 is 11.6 Å². The van der Waals surface area contributed by atoms with Gasteiger partial charge in [0.05, 0.1) is 17.4 Å². The minimum absolute atomic E-state index is 0.160. The summed E-state index contributed by atoms with van der Waals surface area (Å²) in [6, 6.07) is 15.2. The van der Waals surface area contributed by atoms with Crippen molar-refractivity contribution in [1.82, 2.24) is 0 Å². The van der Waals surface area contributed by atoms with Gasteiger partial charge >= 0.3 is 0 Å². The lowest BCUT2D eigenvalue weighted by molar-refractivity contribution is 0.102. The van der Waals surface area contributed by atoms with E-state index >= 15 is 0 Å². The summed E-state index contributed by atoms with van der Waals surface area (Å²) in [5.41, 5.74) is 2.55. The van der Waals surface area contributed by atoms with Crippen molar-refractivity contribution >= 4 is 45.1 Å². The van der Waals surface area contributed by atoms with Crippen LogP contribution in [0.4, 0.5) is 5.69 Å². The number of aryl methyl sites for hydroxylation is 1. The third-order valence-corrected chi connectivity index (χ3v) is 5.04. The second-order valence-electron chi connectivity index (χ2n) is 6.65. The molecule has 5 nitrogen and oxygen atoms in total. The average molecular weight is 408 g/mol. The number of rotatable bonds is 4. The van der Waals surface area contributed by atoms with E-state index in [-0.39, 0.29) is 11.3 Å². The van der Waals surface area contributed by atoms with E-state index in [0.29, 0.717) is 50.6 Å². The van der Waals surface area contributed by atoms with Crippen molar-refractivity contribution in [3.8, 4) is 5.75 Å². The van der Waals surface area contributed by atoms with Gasteiger partial charge in [0, 0.05) is 22.3 Å². The Hall–Kier alpha value is -3.31. The normalized spacial score (nSPS) is 11.0.